The largest absolute Gasteiger partial charge is 0.464 e. The highest BCUT2D eigenvalue weighted by molar-refractivity contribution is 5.90. The molecule has 128 valence electrons. The van der Waals surface area contributed by atoms with Crippen molar-refractivity contribution in [3.63, 3.8) is 0 Å². The lowest BCUT2D eigenvalue weighted by atomic mass is 10.0. The number of pyridine rings is 1. The quantitative estimate of drug-likeness (QED) is 0.586. The standard InChI is InChI=1S/C22H18N2O2/c25-22(12-18-7-3-6-17-5-1-2-8-20(17)18)24-14-16-11-19(15-23-13-16)21-9-4-10-26-21/h1-11,13,15H,12,14H2,(H,24,25). The Morgan fingerprint density at radius 1 is 1.00 bits per heavy atom. The lowest BCUT2D eigenvalue weighted by Gasteiger charge is -2.08. The number of furan rings is 1. The minimum Gasteiger partial charge on any atom is -0.464 e. The highest BCUT2D eigenvalue weighted by atomic mass is 16.3. The van der Waals surface area contributed by atoms with Crippen LogP contribution in [0.3, 0.4) is 0 Å². The predicted molar refractivity (Wildman–Crippen MR) is 101 cm³/mol. The molecule has 0 saturated carbocycles. The van der Waals surface area contributed by atoms with Crippen LogP contribution in [0.15, 0.2) is 83.7 Å². The second-order valence-corrected chi connectivity index (χ2v) is 6.15. The van der Waals surface area contributed by atoms with Crippen LogP contribution in [0.2, 0.25) is 0 Å². The first-order valence-corrected chi connectivity index (χ1v) is 8.51. The van der Waals surface area contributed by atoms with Crippen LogP contribution in [0.25, 0.3) is 22.1 Å². The van der Waals surface area contributed by atoms with Crippen molar-refractivity contribution in [2.45, 2.75) is 13.0 Å². The molecule has 0 atom stereocenters. The maximum absolute atomic E-state index is 12.4. The molecule has 4 heteroatoms. The molecule has 4 nitrogen and oxygen atoms in total. The van der Waals surface area contributed by atoms with Crippen molar-refractivity contribution in [3.8, 4) is 11.3 Å². The van der Waals surface area contributed by atoms with E-state index in [0.29, 0.717) is 13.0 Å². The molecule has 26 heavy (non-hydrogen) atoms. The van der Waals surface area contributed by atoms with Gasteiger partial charge in [0.1, 0.15) is 5.76 Å². The number of carbonyl (C=O) groups is 1. The fraction of sp³-hybridized carbons (Fsp3) is 0.0909. The van der Waals surface area contributed by atoms with E-state index in [9.17, 15) is 4.79 Å². The number of rotatable bonds is 5. The fourth-order valence-corrected chi connectivity index (χ4v) is 3.04. The van der Waals surface area contributed by atoms with Gasteiger partial charge >= 0.3 is 0 Å². The lowest BCUT2D eigenvalue weighted by molar-refractivity contribution is -0.120. The number of nitrogens with zero attached hydrogens (tertiary/aromatic N) is 1. The van der Waals surface area contributed by atoms with Gasteiger partial charge in [-0.3, -0.25) is 9.78 Å². The van der Waals surface area contributed by atoms with E-state index in [0.717, 1.165) is 33.2 Å². The SMILES string of the molecule is O=C(Cc1cccc2ccccc12)NCc1cncc(-c2ccco2)c1. The van der Waals surface area contributed by atoms with Gasteiger partial charge in [-0.15, -0.1) is 0 Å². The van der Waals surface area contributed by atoms with Gasteiger partial charge in [-0.25, -0.2) is 0 Å². The zero-order valence-corrected chi connectivity index (χ0v) is 14.2. The first-order valence-electron chi connectivity index (χ1n) is 8.51. The minimum absolute atomic E-state index is 0.00949. The summed E-state index contributed by atoms with van der Waals surface area (Å²) in [4.78, 5) is 16.6. The Hall–Kier alpha value is -3.40. The van der Waals surface area contributed by atoms with Crippen LogP contribution in [0.5, 0.6) is 0 Å². The molecule has 1 N–H and O–H groups in total. The second-order valence-electron chi connectivity index (χ2n) is 6.15. The van der Waals surface area contributed by atoms with Crippen LogP contribution < -0.4 is 5.32 Å². The summed E-state index contributed by atoms with van der Waals surface area (Å²) in [5.74, 6) is 0.756. The van der Waals surface area contributed by atoms with E-state index in [2.05, 4.69) is 28.5 Å². The molecule has 0 spiro atoms. The van der Waals surface area contributed by atoms with E-state index in [1.165, 1.54) is 0 Å². The summed E-state index contributed by atoms with van der Waals surface area (Å²) in [5, 5.41) is 5.24. The Bertz CT molecular complexity index is 1030. The summed E-state index contributed by atoms with van der Waals surface area (Å²) >= 11 is 0. The molecule has 4 rings (SSSR count). The summed E-state index contributed by atoms with van der Waals surface area (Å²) in [7, 11) is 0. The zero-order valence-electron chi connectivity index (χ0n) is 14.2. The fourth-order valence-electron chi connectivity index (χ4n) is 3.04. The number of benzene rings is 2. The maximum Gasteiger partial charge on any atom is 0.224 e. The van der Waals surface area contributed by atoms with Crippen LogP contribution in [0.4, 0.5) is 0 Å². The molecule has 0 bridgehead atoms. The van der Waals surface area contributed by atoms with E-state index < -0.39 is 0 Å². The third-order valence-electron chi connectivity index (χ3n) is 4.32. The van der Waals surface area contributed by atoms with Gasteiger partial charge < -0.3 is 9.73 Å². The Balaban J connectivity index is 1.43. The maximum atomic E-state index is 12.4. The average molecular weight is 342 g/mol. The van der Waals surface area contributed by atoms with Crippen molar-refractivity contribution < 1.29 is 9.21 Å². The van der Waals surface area contributed by atoms with Gasteiger partial charge in [0.05, 0.1) is 12.7 Å². The highest BCUT2D eigenvalue weighted by Gasteiger charge is 2.08. The molecule has 2 heterocycles. The number of hydrogen-bond donors (Lipinski definition) is 1. The van der Waals surface area contributed by atoms with Crippen molar-refractivity contribution in [1.82, 2.24) is 10.3 Å². The topological polar surface area (TPSA) is 55.1 Å². The molecular formula is C22H18N2O2. The monoisotopic (exact) mass is 342 g/mol. The van der Waals surface area contributed by atoms with Crippen LogP contribution >= 0.6 is 0 Å². The van der Waals surface area contributed by atoms with E-state index >= 15 is 0 Å². The Labute approximate surface area is 151 Å². The normalized spacial score (nSPS) is 10.8. The molecule has 2 aromatic heterocycles. The molecule has 0 unspecified atom stereocenters. The Morgan fingerprint density at radius 3 is 2.77 bits per heavy atom. The van der Waals surface area contributed by atoms with Crippen molar-refractivity contribution in [1.29, 1.82) is 0 Å². The van der Waals surface area contributed by atoms with Gasteiger partial charge in [-0.05, 0) is 40.1 Å². The lowest BCUT2D eigenvalue weighted by Crippen LogP contribution is -2.24. The molecule has 0 radical (unpaired) electrons. The van der Waals surface area contributed by atoms with Crippen molar-refractivity contribution in [2.75, 3.05) is 0 Å². The third-order valence-corrected chi connectivity index (χ3v) is 4.32. The molecule has 1 amide bonds. The van der Waals surface area contributed by atoms with E-state index in [1.807, 2.05) is 42.5 Å². The molecule has 0 aliphatic heterocycles. The summed E-state index contributed by atoms with van der Waals surface area (Å²) < 4.78 is 5.39. The van der Waals surface area contributed by atoms with Crippen LogP contribution in [0.1, 0.15) is 11.1 Å². The number of amides is 1. The van der Waals surface area contributed by atoms with E-state index in [-0.39, 0.29) is 5.91 Å². The molecule has 0 saturated heterocycles. The van der Waals surface area contributed by atoms with E-state index in [1.54, 1.807) is 18.7 Å². The molecule has 2 aromatic carbocycles. The van der Waals surface area contributed by atoms with Crippen LogP contribution in [0, 0.1) is 0 Å². The second kappa shape index (κ2) is 7.23. The summed E-state index contributed by atoms with van der Waals surface area (Å²) in [6.45, 7) is 0.436. The molecule has 0 aliphatic carbocycles. The highest BCUT2D eigenvalue weighted by Crippen LogP contribution is 2.20. The minimum atomic E-state index is -0.00949. The number of aromatic nitrogens is 1. The Morgan fingerprint density at radius 2 is 1.88 bits per heavy atom. The smallest absolute Gasteiger partial charge is 0.224 e. The van der Waals surface area contributed by atoms with Crippen LogP contribution in [-0.4, -0.2) is 10.9 Å². The van der Waals surface area contributed by atoms with Gasteiger partial charge in [-0.1, -0.05) is 42.5 Å². The molecule has 4 aromatic rings. The van der Waals surface area contributed by atoms with Gasteiger partial charge in [0.15, 0.2) is 0 Å². The molecule has 0 fully saturated rings. The number of hydrogen-bond acceptors (Lipinski definition) is 3. The third kappa shape index (κ3) is 3.49. The number of carbonyl (C=O) groups excluding carboxylic acids is 1. The number of fused-ring (bicyclic) bond motifs is 1. The van der Waals surface area contributed by atoms with Gasteiger partial charge in [0.2, 0.25) is 5.91 Å². The summed E-state index contributed by atoms with van der Waals surface area (Å²) in [6.07, 6.45) is 5.49. The zero-order chi connectivity index (χ0) is 17.8. The van der Waals surface area contributed by atoms with Gasteiger partial charge in [0, 0.05) is 24.5 Å². The summed E-state index contributed by atoms with van der Waals surface area (Å²) in [6, 6.07) is 19.9. The first kappa shape index (κ1) is 16.1. The van der Waals surface area contributed by atoms with Gasteiger partial charge in [0.25, 0.3) is 0 Å². The molecule has 0 aliphatic rings. The van der Waals surface area contributed by atoms with E-state index in [4.69, 9.17) is 4.42 Å². The molecular weight excluding hydrogens is 324 g/mol. The van der Waals surface area contributed by atoms with Crippen molar-refractivity contribution >= 4 is 16.7 Å². The average Bonchev–Trinajstić information content (AvgIpc) is 3.22. The van der Waals surface area contributed by atoms with Crippen molar-refractivity contribution in [2.24, 2.45) is 0 Å². The number of nitrogens with one attached hydrogen (secondary N) is 1. The Kier molecular flexibility index (Phi) is 4.48. The van der Waals surface area contributed by atoms with Crippen LogP contribution in [-0.2, 0) is 17.8 Å². The predicted octanol–water partition coefficient (Wildman–Crippen LogP) is 4.35. The first-order chi connectivity index (χ1) is 12.8. The summed E-state index contributed by atoms with van der Waals surface area (Å²) in [5.41, 5.74) is 2.86. The van der Waals surface area contributed by atoms with Gasteiger partial charge in [-0.2, -0.15) is 0 Å². The van der Waals surface area contributed by atoms with Crippen molar-refractivity contribution in [3.05, 3.63) is 90.4 Å².